The molecule has 0 unspecified atom stereocenters. The zero-order valence-electron chi connectivity index (χ0n) is 57.2. The fourth-order valence-corrected chi connectivity index (χ4v) is 8.42. The highest BCUT2D eigenvalue weighted by Gasteiger charge is 2.10. The topological polar surface area (TPSA) is 92.5 Å². The number of allylic oxidation sites excluding steroid dienone is 13. The maximum Gasteiger partial charge on any atom is 0.0688 e. The van der Waals surface area contributed by atoms with Crippen LogP contribution in [0.5, 0.6) is 0 Å². The van der Waals surface area contributed by atoms with Crippen molar-refractivity contribution in [2.75, 3.05) is 0 Å². The molecule has 0 spiro atoms. The van der Waals surface area contributed by atoms with Crippen molar-refractivity contribution >= 4 is 0 Å². The molecule has 0 aromatic carbocycles. The number of aliphatic hydroxyl groups excluding tert-OH is 2. The largest absolute Gasteiger partial charge is 0.392 e. The van der Waals surface area contributed by atoms with Gasteiger partial charge in [-0.25, -0.2) is 0 Å². The average molecular weight is 1120 g/mol. The lowest BCUT2D eigenvalue weighted by molar-refractivity contribution is 0.137. The van der Waals surface area contributed by atoms with E-state index in [1.807, 2.05) is 26.0 Å². The summed E-state index contributed by atoms with van der Waals surface area (Å²) in [5, 5.41) is 19.0. The fraction of sp³-hybridized carbons (Fsp3) is 0.816. The molecular weight excluding hydrogens is 973 g/mol. The molecule has 0 heterocycles. The second-order valence-electron chi connectivity index (χ2n) is 25.3. The van der Waals surface area contributed by atoms with Crippen LogP contribution in [0.15, 0.2) is 85.6 Å². The number of unbranched alkanes of at least 4 members (excludes halogenated alkanes) is 26. The van der Waals surface area contributed by atoms with Crippen LogP contribution in [0.3, 0.4) is 0 Å². The molecule has 0 amide bonds. The molecule has 0 saturated heterocycles. The predicted molar refractivity (Wildman–Crippen MR) is 370 cm³/mol. The first-order valence-corrected chi connectivity index (χ1v) is 34.8. The first-order chi connectivity index (χ1) is 38.4. The summed E-state index contributed by atoms with van der Waals surface area (Å²) in [6.07, 6.45) is 75.7. The van der Waals surface area contributed by atoms with E-state index < -0.39 is 0 Å². The minimum absolute atomic E-state index is 0.0750. The van der Waals surface area contributed by atoms with E-state index in [2.05, 4.69) is 163 Å². The predicted octanol–water partition coefficient (Wildman–Crippen LogP) is 24.3. The third-order valence-corrected chi connectivity index (χ3v) is 16.0. The van der Waals surface area contributed by atoms with Crippen LogP contribution in [-0.2, 0) is 0 Å². The second-order valence-corrected chi connectivity index (χ2v) is 25.3. The molecule has 80 heavy (non-hydrogen) atoms. The fourth-order valence-electron chi connectivity index (χ4n) is 8.42. The van der Waals surface area contributed by atoms with E-state index in [1.54, 1.807) is 0 Å². The van der Waals surface area contributed by atoms with Crippen LogP contribution in [0.2, 0.25) is 0 Å². The first kappa shape index (κ1) is 86.8. The van der Waals surface area contributed by atoms with Crippen LogP contribution in [0.4, 0.5) is 0 Å². The molecule has 0 aliphatic rings. The quantitative estimate of drug-likeness (QED) is 0.0277. The van der Waals surface area contributed by atoms with Crippen molar-refractivity contribution in [3.63, 3.8) is 0 Å². The third kappa shape index (κ3) is 80.2. The molecule has 0 aromatic rings. The molecule has 7 atom stereocenters. The highest BCUT2D eigenvalue weighted by molar-refractivity contribution is 5.03. The van der Waals surface area contributed by atoms with Crippen molar-refractivity contribution in [2.45, 2.75) is 366 Å². The van der Waals surface area contributed by atoms with Crippen molar-refractivity contribution in [1.29, 1.82) is 0 Å². The van der Waals surface area contributed by atoms with Gasteiger partial charge in [-0.15, -0.1) is 0 Å². The summed E-state index contributed by atoms with van der Waals surface area (Å²) in [6, 6.07) is -0.168. The van der Waals surface area contributed by atoms with Crippen molar-refractivity contribution in [1.82, 2.24) is 0 Å². The normalized spacial score (nSPS) is 14.5. The number of aliphatic hydroxyl groups is 2. The molecule has 0 aromatic heterocycles. The molecular formula is C76H150N2O2. The molecule has 476 valence electrons. The minimum atomic E-state index is -0.324. The highest BCUT2D eigenvalue weighted by atomic mass is 16.3. The Hall–Kier alpha value is -1.98. The van der Waals surface area contributed by atoms with Crippen LogP contribution in [-0.4, -0.2) is 34.5 Å². The van der Waals surface area contributed by atoms with E-state index in [0.29, 0.717) is 0 Å². The summed E-state index contributed by atoms with van der Waals surface area (Å²) < 4.78 is 0. The van der Waals surface area contributed by atoms with Crippen LogP contribution in [0.25, 0.3) is 0 Å². The molecule has 0 fully saturated rings. The molecule has 4 nitrogen and oxygen atoms in total. The van der Waals surface area contributed by atoms with E-state index in [0.717, 1.165) is 67.6 Å². The lowest BCUT2D eigenvalue weighted by Crippen LogP contribution is -2.31. The summed E-state index contributed by atoms with van der Waals surface area (Å²) in [7, 11) is 0. The van der Waals surface area contributed by atoms with Gasteiger partial charge in [-0.1, -0.05) is 330 Å². The van der Waals surface area contributed by atoms with Crippen molar-refractivity contribution < 1.29 is 10.2 Å². The Morgan fingerprint density at radius 1 is 0.312 bits per heavy atom. The summed E-state index contributed by atoms with van der Waals surface area (Å²) in [5.74, 6) is 4.96. The average Bonchev–Trinajstić information content (AvgIpc) is 3.43. The molecule has 4 heteroatoms. The summed E-state index contributed by atoms with van der Waals surface area (Å²) in [5.41, 5.74) is 11.2. The third-order valence-electron chi connectivity index (χ3n) is 16.0. The molecule has 0 saturated carbocycles. The van der Waals surface area contributed by atoms with Gasteiger partial charge >= 0.3 is 0 Å². The molecule has 0 radical (unpaired) electrons. The monoisotopic (exact) mass is 1120 g/mol. The SMILES string of the molecule is C=C/C=C/CCCCCCC[C@@H](O)[C@H](C)N.CC/C=C/CCCCCCC[C@@H](C)C(C)C.CCCCCC/C=C/C=C/C[C@@H](C)C(C)C.CCCCCC/C=C/C=C/C[C@H](C)C(C)C.CCCCCCCCCCC[C@@H](O)[C@H](C)N. The number of hydrogen-bond donors (Lipinski definition) is 4. The second kappa shape index (κ2) is 73.1. The lowest BCUT2D eigenvalue weighted by atomic mass is 9.92. The Bertz CT molecular complexity index is 1280. The maximum absolute atomic E-state index is 9.50. The first-order valence-electron chi connectivity index (χ1n) is 34.8. The molecule has 0 aliphatic heterocycles. The Labute approximate surface area is 506 Å². The van der Waals surface area contributed by atoms with E-state index >= 15 is 0 Å². The zero-order valence-corrected chi connectivity index (χ0v) is 57.2. The summed E-state index contributed by atoms with van der Waals surface area (Å²) in [4.78, 5) is 0. The van der Waals surface area contributed by atoms with Gasteiger partial charge < -0.3 is 21.7 Å². The van der Waals surface area contributed by atoms with Gasteiger partial charge in [0.1, 0.15) is 0 Å². The van der Waals surface area contributed by atoms with E-state index in [4.69, 9.17) is 11.5 Å². The zero-order chi connectivity index (χ0) is 61.1. The maximum atomic E-state index is 9.50. The van der Waals surface area contributed by atoms with Gasteiger partial charge in [-0.05, 0) is 133 Å². The van der Waals surface area contributed by atoms with Gasteiger partial charge in [0.15, 0.2) is 0 Å². The molecule has 0 rings (SSSR count). The van der Waals surface area contributed by atoms with E-state index in [-0.39, 0.29) is 24.3 Å². The number of nitrogens with two attached hydrogens (primary N) is 2. The minimum Gasteiger partial charge on any atom is -0.392 e. The highest BCUT2D eigenvalue weighted by Crippen LogP contribution is 2.19. The Kier molecular flexibility index (Phi) is 79.3. The van der Waals surface area contributed by atoms with E-state index in [1.165, 1.54) is 205 Å². The molecule has 0 aliphatic carbocycles. The molecule has 0 bridgehead atoms. The summed E-state index contributed by atoms with van der Waals surface area (Å²) >= 11 is 0. The Balaban J connectivity index is -0.000000293. The Morgan fingerprint density at radius 2 is 0.588 bits per heavy atom. The molecule has 6 N–H and O–H groups in total. The number of rotatable bonds is 49. The van der Waals surface area contributed by atoms with E-state index in [9.17, 15) is 10.2 Å². The van der Waals surface area contributed by atoms with Crippen LogP contribution >= 0.6 is 0 Å². The van der Waals surface area contributed by atoms with Gasteiger partial charge in [0.25, 0.3) is 0 Å². The smallest absolute Gasteiger partial charge is 0.0688 e. The van der Waals surface area contributed by atoms with Crippen molar-refractivity contribution in [3.8, 4) is 0 Å². The Morgan fingerprint density at radius 3 is 0.900 bits per heavy atom. The van der Waals surface area contributed by atoms with Crippen LogP contribution in [0.1, 0.15) is 341 Å². The van der Waals surface area contributed by atoms with Gasteiger partial charge in [-0.3, -0.25) is 0 Å². The lowest BCUT2D eigenvalue weighted by Gasteiger charge is -2.14. The van der Waals surface area contributed by atoms with Gasteiger partial charge in [-0.2, -0.15) is 0 Å². The van der Waals surface area contributed by atoms with Gasteiger partial charge in [0, 0.05) is 12.1 Å². The standard InChI is InChI=1S/C16H32.2C16H30.C14H31NO.C14H27NO/c3*1-5-6-7-8-9-10-11-12-13-14-16(4)15(2)3;2*1-3-4-5-6-7-8-9-10-11-12-14(16)13(2)15/h6-7,15-16H,5,8-14H2,1-4H3;2*10-13,15-16H,5-9,14H2,1-4H3;13-14,16H,3-12,15H2,1-2H3;3-5,13-14,16H,1,6-12,15H2,2H3/b7-6+;2*11-10+,13-12+;;5-4+/t3*16-;2*13-,14+/m11000/s1. The van der Waals surface area contributed by atoms with Crippen molar-refractivity contribution in [2.24, 2.45) is 47.0 Å². The van der Waals surface area contributed by atoms with Crippen LogP contribution < -0.4 is 11.5 Å². The van der Waals surface area contributed by atoms with Gasteiger partial charge in [0.05, 0.1) is 12.2 Å². The van der Waals surface area contributed by atoms with Crippen LogP contribution in [0, 0.1) is 35.5 Å². The summed E-state index contributed by atoms with van der Waals surface area (Å²) in [6.45, 7) is 37.2. The van der Waals surface area contributed by atoms with Gasteiger partial charge in [0.2, 0.25) is 0 Å². The number of hydrogen-bond acceptors (Lipinski definition) is 4. The van der Waals surface area contributed by atoms with Crippen molar-refractivity contribution in [3.05, 3.63) is 85.6 Å².